The molecule has 0 heterocycles. The Balaban J connectivity index is 4.54. The number of nitrogens with zero attached hydrogens (tertiary/aromatic N) is 2. The molecule has 19 heavy (non-hydrogen) atoms. The van der Waals surface area contributed by atoms with Crippen LogP contribution in [0.5, 0.6) is 0 Å². The van der Waals surface area contributed by atoms with Crippen molar-refractivity contribution in [3.8, 4) is 6.07 Å². The summed E-state index contributed by atoms with van der Waals surface area (Å²) in [5.41, 5.74) is 0.166. The maximum atomic E-state index is 11.8. The van der Waals surface area contributed by atoms with E-state index >= 15 is 0 Å². The van der Waals surface area contributed by atoms with Gasteiger partial charge in [0.05, 0.1) is 0 Å². The minimum Gasteiger partial charge on any atom is -0.376 e. The Morgan fingerprint density at radius 3 is 2.58 bits per heavy atom. The molecule has 0 aromatic carbocycles. The number of hydrogen-bond acceptors (Lipinski definition) is 3. The number of amides is 1. The fraction of sp³-hybridized carbons (Fsp3) is 0.714. The Labute approximate surface area is 121 Å². The van der Waals surface area contributed by atoms with Crippen molar-refractivity contribution >= 4 is 17.5 Å². The molecule has 0 aromatic rings. The number of halogens is 1. The largest absolute Gasteiger partial charge is 0.376 e. The molecule has 0 radical (unpaired) electrons. The summed E-state index contributed by atoms with van der Waals surface area (Å²) in [5, 5.41) is 11.8. The van der Waals surface area contributed by atoms with E-state index in [1.54, 1.807) is 6.20 Å². The molecule has 0 rings (SSSR count). The third-order valence-electron chi connectivity index (χ3n) is 2.58. The lowest BCUT2D eigenvalue weighted by molar-refractivity contribution is -0.117. The van der Waals surface area contributed by atoms with Gasteiger partial charge in [-0.2, -0.15) is 5.26 Å². The number of carbonyl (C=O) groups excluding carboxylic acids is 1. The topological polar surface area (TPSA) is 56.1 Å². The van der Waals surface area contributed by atoms with Crippen molar-refractivity contribution in [2.24, 2.45) is 0 Å². The Bertz CT molecular complexity index is 323. The van der Waals surface area contributed by atoms with Gasteiger partial charge in [-0.25, -0.2) is 0 Å². The molecule has 0 saturated carbocycles. The van der Waals surface area contributed by atoms with Crippen LogP contribution in [-0.4, -0.2) is 36.3 Å². The molecule has 0 bridgehead atoms. The lowest BCUT2D eigenvalue weighted by Crippen LogP contribution is -2.28. The molecule has 0 aliphatic rings. The van der Waals surface area contributed by atoms with Crippen molar-refractivity contribution < 1.29 is 4.79 Å². The zero-order valence-electron chi connectivity index (χ0n) is 11.9. The molecule has 0 saturated heterocycles. The predicted octanol–water partition coefficient (Wildman–Crippen LogP) is 2.65. The number of hydrogen-bond donors (Lipinski definition) is 1. The maximum absolute atomic E-state index is 11.8. The van der Waals surface area contributed by atoms with Crippen molar-refractivity contribution in [3.63, 3.8) is 0 Å². The van der Waals surface area contributed by atoms with Gasteiger partial charge in [-0.05, 0) is 19.3 Å². The summed E-state index contributed by atoms with van der Waals surface area (Å²) in [4.78, 5) is 13.8. The second-order valence-electron chi connectivity index (χ2n) is 4.34. The van der Waals surface area contributed by atoms with E-state index in [0.29, 0.717) is 18.8 Å². The van der Waals surface area contributed by atoms with Gasteiger partial charge < -0.3 is 10.2 Å². The lowest BCUT2D eigenvalue weighted by atomic mass is 10.2. The summed E-state index contributed by atoms with van der Waals surface area (Å²) < 4.78 is 0. The van der Waals surface area contributed by atoms with Crippen LogP contribution in [0, 0.1) is 11.3 Å². The summed E-state index contributed by atoms with van der Waals surface area (Å²) in [6, 6.07) is 1.97. The summed E-state index contributed by atoms with van der Waals surface area (Å²) >= 11 is 5.54. The molecule has 0 aliphatic carbocycles. The number of unbranched alkanes of at least 4 members (excludes halogenated alkanes) is 1. The zero-order valence-corrected chi connectivity index (χ0v) is 12.7. The van der Waals surface area contributed by atoms with Crippen LogP contribution in [0.15, 0.2) is 11.8 Å². The minimum absolute atomic E-state index is 0.166. The van der Waals surface area contributed by atoms with Crippen LogP contribution in [0.4, 0.5) is 0 Å². The van der Waals surface area contributed by atoms with E-state index in [2.05, 4.69) is 19.2 Å². The number of carbonyl (C=O) groups is 1. The van der Waals surface area contributed by atoms with Crippen LogP contribution >= 0.6 is 11.6 Å². The van der Waals surface area contributed by atoms with Crippen molar-refractivity contribution in [2.45, 2.75) is 39.5 Å². The Hall–Kier alpha value is -1.21. The highest BCUT2D eigenvalue weighted by Crippen LogP contribution is 2.02. The van der Waals surface area contributed by atoms with Crippen molar-refractivity contribution in [1.29, 1.82) is 5.26 Å². The molecule has 0 atom stereocenters. The first-order valence-electron chi connectivity index (χ1n) is 6.89. The molecule has 1 amide bonds. The van der Waals surface area contributed by atoms with Gasteiger partial charge in [-0.1, -0.05) is 20.3 Å². The van der Waals surface area contributed by atoms with Gasteiger partial charge >= 0.3 is 0 Å². The highest BCUT2D eigenvalue weighted by molar-refractivity contribution is 6.17. The smallest absolute Gasteiger partial charge is 0.263 e. The maximum Gasteiger partial charge on any atom is 0.263 e. The van der Waals surface area contributed by atoms with Gasteiger partial charge in [0.1, 0.15) is 11.6 Å². The number of rotatable bonds is 10. The monoisotopic (exact) mass is 285 g/mol. The molecule has 0 unspecified atom stereocenters. The Morgan fingerprint density at radius 2 is 2.05 bits per heavy atom. The van der Waals surface area contributed by atoms with Crippen molar-refractivity contribution in [1.82, 2.24) is 10.2 Å². The quantitative estimate of drug-likeness (QED) is 0.291. The SMILES string of the molecule is CCCCN(/C=C(/C#N)C(=O)NCCCCl)CCC. The predicted molar refractivity (Wildman–Crippen MR) is 78.8 cm³/mol. The van der Waals surface area contributed by atoms with Crippen LogP contribution in [0.2, 0.25) is 0 Å². The lowest BCUT2D eigenvalue weighted by Gasteiger charge is -2.19. The summed E-state index contributed by atoms with van der Waals surface area (Å²) in [5.74, 6) is 0.190. The summed E-state index contributed by atoms with van der Waals surface area (Å²) in [6.45, 7) is 6.45. The molecule has 4 nitrogen and oxygen atoms in total. The normalized spacial score (nSPS) is 10.9. The first-order valence-corrected chi connectivity index (χ1v) is 7.43. The summed E-state index contributed by atoms with van der Waals surface area (Å²) in [7, 11) is 0. The molecule has 0 spiro atoms. The van der Waals surface area contributed by atoms with Crippen LogP contribution in [0.1, 0.15) is 39.5 Å². The van der Waals surface area contributed by atoms with Crippen molar-refractivity contribution in [3.05, 3.63) is 11.8 Å². The van der Waals surface area contributed by atoms with E-state index in [1.807, 2.05) is 11.0 Å². The Kier molecular flexibility index (Phi) is 11.1. The van der Waals surface area contributed by atoms with E-state index in [4.69, 9.17) is 16.9 Å². The van der Waals surface area contributed by atoms with Gasteiger partial charge in [-0.15, -0.1) is 11.6 Å². The van der Waals surface area contributed by atoms with Gasteiger partial charge in [0.2, 0.25) is 0 Å². The number of nitrogens with one attached hydrogen (secondary N) is 1. The molecule has 0 aliphatic heterocycles. The van der Waals surface area contributed by atoms with Gasteiger partial charge in [-0.3, -0.25) is 4.79 Å². The van der Waals surface area contributed by atoms with Crippen molar-refractivity contribution in [2.75, 3.05) is 25.5 Å². The zero-order chi connectivity index (χ0) is 14.5. The first kappa shape index (κ1) is 17.8. The standard InChI is InChI=1S/C14H24ClN3O/c1-3-5-10-18(9-4-2)12-13(11-16)14(19)17-8-6-7-15/h12H,3-10H2,1-2H3,(H,17,19)/b13-12-. The highest BCUT2D eigenvalue weighted by Gasteiger charge is 2.10. The van der Waals surface area contributed by atoms with Crippen LogP contribution in [0.3, 0.4) is 0 Å². The molecular weight excluding hydrogens is 262 g/mol. The second kappa shape index (κ2) is 11.9. The van der Waals surface area contributed by atoms with Crippen LogP contribution in [-0.2, 0) is 4.79 Å². The van der Waals surface area contributed by atoms with Crippen LogP contribution in [0.25, 0.3) is 0 Å². The third-order valence-corrected chi connectivity index (χ3v) is 2.85. The van der Waals surface area contributed by atoms with Gasteiger partial charge in [0.25, 0.3) is 5.91 Å². The molecular formula is C14H24ClN3O. The summed E-state index contributed by atoms with van der Waals surface area (Å²) in [6.07, 6.45) is 5.53. The number of nitriles is 1. The molecule has 0 aromatic heterocycles. The fourth-order valence-electron chi connectivity index (χ4n) is 1.57. The fourth-order valence-corrected chi connectivity index (χ4v) is 1.71. The molecule has 0 fully saturated rings. The van der Waals surface area contributed by atoms with E-state index < -0.39 is 0 Å². The number of alkyl halides is 1. The average Bonchev–Trinajstić information content (AvgIpc) is 2.41. The van der Waals surface area contributed by atoms with E-state index in [1.165, 1.54) is 0 Å². The highest BCUT2D eigenvalue weighted by atomic mass is 35.5. The molecule has 108 valence electrons. The minimum atomic E-state index is -0.315. The van der Waals surface area contributed by atoms with Gasteiger partial charge in [0, 0.05) is 31.7 Å². The Morgan fingerprint density at radius 1 is 1.32 bits per heavy atom. The molecule has 5 heteroatoms. The van der Waals surface area contributed by atoms with E-state index in [0.717, 1.165) is 32.4 Å². The van der Waals surface area contributed by atoms with Crippen LogP contribution < -0.4 is 5.32 Å². The third kappa shape index (κ3) is 8.50. The first-order chi connectivity index (χ1) is 9.19. The second-order valence-corrected chi connectivity index (χ2v) is 4.72. The van der Waals surface area contributed by atoms with Gasteiger partial charge in [0.15, 0.2) is 0 Å². The van der Waals surface area contributed by atoms with E-state index in [9.17, 15) is 4.79 Å². The average molecular weight is 286 g/mol. The molecule has 1 N–H and O–H groups in total. The van der Waals surface area contributed by atoms with E-state index in [-0.39, 0.29) is 11.5 Å².